The number of amides is 1. The van der Waals surface area contributed by atoms with Gasteiger partial charge >= 0.3 is 0 Å². The maximum atomic E-state index is 13.2. The van der Waals surface area contributed by atoms with Crippen molar-refractivity contribution in [3.63, 3.8) is 0 Å². The normalized spacial score (nSPS) is 10.7. The van der Waals surface area contributed by atoms with E-state index < -0.39 is 0 Å². The van der Waals surface area contributed by atoms with Gasteiger partial charge in [-0.2, -0.15) is 0 Å². The number of hydrogen-bond acceptors (Lipinski definition) is 6. The highest BCUT2D eigenvalue weighted by atomic mass is 16.1. The number of carbonyl (C=O) groups excluding carboxylic acids is 1. The van der Waals surface area contributed by atoms with Gasteiger partial charge in [0.15, 0.2) is 11.6 Å². The van der Waals surface area contributed by atoms with Crippen LogP contribution in [-0.4, -0.2) is 34.0 Å². The summed E-state index contributed by atoms with van der Waals surface area (Å²) in [4.78, 5) is 33.9. The summed E-state index contributed by atoms with van der Waals surface area (Å²) in [7, 11) is 1.59. The fourth-order valence-corrected chi connectivity index (χ4v) is 3.46. The summed E-state index contributed by atoms with van der Waals surface area (Å²) in [5.74, 6) is 0.474. The number of benzene rings is 1. The van der Waals surface area contributed by atoms with Gasteiger partial charge < -0.3 is 16.4 Å². The zero-order valence-electron chi connectivity index (χ0n) is 18.3. The lowest BCUT2D eigenvalue weighted by atomic mass is 10.0. The van der Waals surface area contributed by atoms with E-state index in [1.807, 2.05) is 44.2 Å². The van der Waals surface area contributed by atoms with Crippen molar-refractivity contribution < 1.29 is 4.79 Å². The SMILES string of the molecule is CNC(=O)Cc1c(C)nc(-n2c(C)cnc(NCCc3ccccc3)c2=O)c(N)c1C. The molecule has 0 saturated carbocycles. The summed E-state index contributed by atoms with van der Waals surface area (Å²) in [6.45, 7) is 6.01. The number of likely N-dealkylation sites (N-methyl/N-ethyl adjacent to an activating group) is 1. The van der Waals surface area contributed by atoms with Crippen LogP contribution in [0.15, 0.2) is 41.3 Å². The van der Waals surface area contributed by atoms with Crippen LogP contribution in [0.1, 0.15) is 28.1 Å². The van der Waals surface area contributed by atoms with Crippen LogP contribution in [0.5, 0.6) is 0 Å². The zero-order valence-corrected chi connectivity index (χ0v) is 18.3. The van der Waals surface area contributed by atoms with Crippen LogP contribution < -0.4 is 21.9 Å². The second kappa shape index (κ2) is 9.42. The Kier molecular flexibility index (Phi) is 6.69. The second-order valence-electron chi connectivity index (χ2n) is 7.44. The summed E-state index contributed by atoms with van der Waals surface area (Å²) in [5, 5.41) is 5.74. The minimum Gasteiger partial charge on any atom is -0.395 e. The van der Waals surface area contributed by atoms with Crippen molar-refractivity contribution in [3.05, 3.63) is 75.0 Å². The molecule has 2 aromatic heterocycles. The Balaban J connectivity index is 1.94. The molecule has 0 fully saturated rings. The molecule has 2 heterocycles. The lowest BCUT2D eigenvalue weighted by Gasteiger charge is -2.18. The molecule has 0 aliphatic rings. The highest BCUT2D eigenvalue weighted by Gasteiger charge is 2.19. The van der Waals surface area contributed by atoms with E-state index in [4.69, 9.17) is 5.73 Å². The fraction of sp³-hybridized carbons (Fsp3) is 0.304. The van der Waals surface area contributed by atoms with Gasteiger partial charge in [-0.05, 0) is 43.9 Å². The third-order valence-corrected chi connectivity index (χ3v) is 5.32. The first-order chi connectivity index (χ1) is 14.8. The molecule has 31 heavy (non-hydrogen) atoms. The van der Waals surface area contributed by atoms with Crippen LogP contribution in [0.3, 0.4) is 0 Å². The average molecular weight is 421 g/mol. The predicted molar refractivity (Wildman–Crippen MR) is 123 cm³/mol. The number of aryl methyl sites for hydroxylation is 2. The number of hydrogen-bond donors (Lipinski definition) is 3. The summed E-state index contributed by atoms with van der Waals surface area (Å²) in [5.41, 5.74) is 10.4. The number of pyridine rings is 1. The third-order valence-electron chi connectivity index (χ3n) is 5.32. The van der Waals surface area contributed by atoms with E-state index in [0.717, 1.165) is 17.5 Å². The van der Waals surface area contributed by atoms with Crippen LogP contribution in [0.2, 0.25) is 0 Å². The molecule has 4 N–H and O–H groups in total. The molecule has 3 rings (SSSR count). The lowest BCUT2D eigenvalue weighted by Crippen LogP contribution is -2.28. The Morgan fingerprint density at radius 1 is 1.16 bits per heavy atom. The molecule has 0 aliphatic carbocycles. The van der Waals surface area contributed by atoms with E-state index in [9.17, 15) is 9.59 Å². The number of nitrogens with one attached hydrogen (secondary N) is 2. The summed E-state index contributed by atoms with van der Waals surface area (Å²) >= 11 is 0. The van der Waals surface area contributed by atoms with Crippen molar-refractivity contribution in [3.8, 4) is 5.82 Å². The number of carbonyl (C=O) groups is 1. The maximum absolute atomic E-state index is 13.2. The number of aromatic nitrogens is 3. The van der Waals surface area contributed by atoms with Crippen molar-refractivity contribution in [2.45, 2.75) is 33.6 Å². The van der Waals surface area contributed by atoms with E-state index in [1.54, 1.807) is 20.2 Å². The van der Waals surface area contributed by atoms with Gasteiger partial charge in [-0.3, -0.25) is 14.2 Å². The first-order valence-corrected chi connectivity index (χ1v) is 10.2. The molecular formula is C23H28N6O2. The van der Waals surface area contributed by atoms with Gasteiger partial charge in [-0.1, -0.05) is 30.3 Å². The minimum absolute atomic E-state index is 0.123. The van der Waals surface area contributed by atoms with Gasteiger partial charge in [0.25, 0.3) is 5.56 Å². The Hall–Kier alpha value is -3.68. The lowest BCUT2D eigenvalue weighted by molar-refractivity contribution is -0.119. The van der Waals surface area contributed by atoms with Crippen molar-refractivity contribution in [1.82, 2.24) is 19.9 Å². The van der Waals surface area contributed by atoms with Crippen molar-refractivity contribution in [2.75, 3.05) is 24.6 Å². The Morgan fingerprint density at radius 3 is 2.55 bits per heavy atom. The van der Waals surface area contributed by atoms with Gasteiger partial charge in [0.2, 0.25) is 5.91 Å². The van der Waals surface area contributed by atoms with Gasteiger partial charge in [-0.25, -0.2) is 9.97 Å². The number of nitrogens with zero attached hydrogens (tertiary/aromatic N) is 3. The third kappa shape index (κ3) is 4.74. The van der Waals surface area contributed by atoms with Gasteiger partial charge in [0, 0.05) is 31.2 Å². The van der Waals surface area contributed by atoms with Crippen molar-refractivity contribution in [2.24, 2.45) is 0 Å². The summed E-state index contributed by atoms with van der Waals surface area (Å²) in [6.07, 6.45) is 2.57. The molecule has 3 aromatic rings. The largest absolute Gasteiger partial charge is 0.395 e. The molecule has 0 unspecified atom stereocenters. The van der Waals surface area contributed by atoms with E-state index in [0.29, 0.717) is 29.4 Å². The Morgan fingerprint density at radius 2 is 1.87 bits per heavy atom. The van der Waals surface area contributed by atoms with Crippen LogP contribution in [-0.2, 0) is 17.6 Å². The molecule has 1 amide bonds. The molecule has 0 radical (unpaired) electrons. The van der Waals surface area contributed by atoms with Gasteiger partial charge in [-0.15, -0.1) is 0 Å². The van der Waals surface area contributed by atoms with Gasteiger partial charge in [0.05, 0.1) is 12.1 Å². The zero-order chi connectivity index (χ0) is 22.5. The number of nitrogens with two attached hydrogens (primary N) is 1. The molecule has 1 aromatic carbocycles. The topological polar surface area (TPSA) is 115 Å². The highest BCUT2D eigenvalue weighted by Crippen LogP contribution is 2.25. The van der Waals surface area contributed by atoms with Gasteiger partial charge in [0.1, 0.15) is 0 Å². The first kappa shape index (κ1) is 22.0. The predicted octanol–water partition coefficient (Wildman–Crippen LogP) is 2.08. The molecule has 0 spiro atoms. The monoisotopic (exact) mass is 420 g/mol. The van der Waals surface area contributed by atoms with Crippen LogP contribution in [0, 0.1) is 20.8 Å². The molecule has 8 heteroatoms. The van der Waals surface area contributed by atoms with Crippen LogP contribution in [0.4, 0.5) is 11.5 Å². The minimum atomic E-state index is -0.315. The molecular weight excluding hydrogens is 392 g/mol. The quantitative estimate of drug-likeness (QED) is 0.539. The van der Waals surface area contributed by atoms with E-state index >= 15 is 0 Å². The first-order valence-electron chi connectivity index (χ1n) is 10.2. The van der Waals surface area contributed by atoms with Crippen LogP contribution in [0.25, 0.3) is 5.82 Å². The Bertz CT molecular complexity index is 1150. The smallest absolute Gasteiger partial charge is 0.299 e. The number of anilines is 2. The molecule has 162 valence electrons. The molecule has 8 nitrogen and oxygen atoms in total. The van der Waals surface area contributed by atoms with E-state index in [1.165, 1.54) is 10.1 Å². The molecule has 0 atom stereocenters. The molecule has 0 aliphatic heterocycles. The Labute approximate surface area is 181 Å². The molecule has 0 bridgehead atoms. The van der Waals surface area contributed by atoms with E-state index in [2.05, 4.69) is 20.6 Å². The average Bonchev–Trinajstić information content (AvgIpc) is 2.76. The summed E-state index contributed by atoms with van der Waals surface area (Å²) in [6, 6.07) is 10.0. The standard InChI is InChI=1S/C23H28N6O2/c1-14-13-27-21(26-11-10-17-8-6-5-7-9-17)23(31)29(14)22-20(24)15(2)18(16(3)28-22)12-19(30)25-4/h5-9,13H,10-12,24H2,1-4H3,(H,25,30)(H,26,27). The van der Waals surface area contributed by atoms with Crippen molar-refractivity contribution in [1.29, 1.82) is 0 Å². The number of nitrogen functional groups attached to an aromatic ring is 1. The summed E-state index contributed by atoms with van der Waals surface area (Å²) < 4.78 is 1.47. The van der Waals surface area contributed by atoms with Crippen LogP contribution >= 0.6 is 0 Å². The maximum Gasteiger partial charge on any atom is 0.299 e. The number of rotatable bonds is 7. The fourth-order valence-electron chi connectivity index (χ4n) is 3.46. The molecule has 0 saturated heterocycles. The highest BCUT2D eigenvalue weighted by molar-refractivity contribution is 5.80. The van der Waals surface area contributed by atoms with E-state index in [-0.39, 0.29) is 23.7 Å². The van der Waals surface area contributed by atoms with Crippen molar-refractivity contribution >= 4 is 17.4 Å². The second-order valence-corrected chi connectivity index (χ2v) is 7.44.